The van der Waals surface area contributed by atoms with E-state index in [9.17, 15) is 9.59 Å². The molecule has 1 heterocycles. The molecule has 1 aromatic heterocycles. The summed E-state index contributed by atoms with van der Waals surface area (Å²) in [5, 5.41) is 4.11. The molecule has 1 aromatic carbocycles. The van der Waals surface area contributed by atoms with E-state index in [2.05, 4.69) is 10.1 Å². The second-order valence-electron chi connectivity index (χ2n) is 8.11. The summed E-state index contributed by atoms with van der Waals surface area (Å²) in [6, 6.07) is 9.52. The molecular weight excluding hydrogens is 352 g/mol. The maximum Gasteiger partial charge on any atom is 0.276 e. The number of hydrogen-bond acceptors (Lipinski definition) is 4. The second-order valence-corrected chi connectivity index (χ2v) is 8.11. The van der Waals surface area contributed by atoms with Crippen molar-refractivity contribution in [2.75, 3.05) is 0 Å². The molecule has 0 radical (unpaired) electrons. The third kappa shape index (κ3) is 4.03. The first-order valence-corrected chi connectivity index (χ1v) is 10.6. The molecule has 0 bridgehead atoms. The van der Waals surface area contributed by atoms with Crippen LogP contribution in [0.3, 0.4) is 0 Å². The Morgan fingerprint density at radius 2 is 1.50 bits per heavy atom. The Bertz CT molecular complexity index is 782. The number of aldehydes is 1. The lowest BCUT2D eigenvalue weighted by atomic mass is 9.88. The summed E-state index contributed by atoms with van der Waals surface area (Å²) in [7, 11) is 0. The normalized spacial score (nSPS) is 18.7. The van der Waals surface area contributed by atoms with Crippen LogP contribution in [-0.2, 0) is 0 Å². The zero-order valence-corrected chi connectivity index (χ0v) is 16.3. The van der Waals surface area contributed by atoms with Gasteiger partial charge in [-0.2, -0.15) is 0 Å². The van der Waals surface area contributed by atoms with Crippen LogP contribution in [0.15, 0.2) is 34.9 Å². The Balaban J connectivity index is 1.57. The minimum atomic E-state index is 0.0123. The summed E-state index contributed by atoms with van der Waals surface area (Å²) in [6.45, 7) is 0. The Morgan fingerprint density at radius 3 is 2.04 bits per heavy atom. The molecule has 0 atom stereocenters. The van der Waals surface area contributed by atoms with Crippen molar-refractivity contribution in [1.29, 1.82) is 0 Å². The Kier molecular flexibility index (Phi) is 5.89. The predicted octanol–water partition coefficient (Wildman–Crippen LogP) is 5.26. The van der Waals surface area contributed by atoms with E-state index in [1.165, 1.54) is 38.5 Å². The average Bonchev–Trinajstić information content (AvgIpc) is 3.26. The zero-order valence-electron chi connectivity index (χ0n) is 16.3. The molecule has 1 amide bonds. The molecule has 0 unspecified atom stereocenters. The minimum Gasteiger partial charge on any atom is -0.355 e. The number of nitrogens with zero attached hydrogens (tertiary/aromatic N) is 2. The molecule has 0 saturated heterocycles. The highest BCUT2D eigenvalue weighted by Gasteiger charge is 2.34. The van der Waals surface area contributed by atoms with Crippen molar-refractivity contribution in [3.05, 3.63) is 41.6 Å². The molecule has 148 valence electrons. The topological polar surface area (TPSA) is 63.4 Å². The standard InChI is InChI=1S/C23H28N2O3/c26-16-17-11-13-18(14-12-17)22-15-21(24-28-22)23(27)25(19-7-3-1-4-8-19)20-9-5-2-6-10-20/h11-16,19-20H,1-10H2. The molecule has 2 fully saturated rings. The summed E-state index contributed by atoms with van der Waals surface area (Å²) in [5.41, 5.74) is 1.82. The molecule has 4 rings (SSSR count). The van der Waals surface area contributed by atoms with E-state index in [0.717, 1.165) is 37.5 Å². The highest BCUT2D eigenvalue weighted by atomic mass is 16.5. The van der Waals surface area contributed by atoms with E-state index >= 15 is 0 Å². The average molecular weight is 380 g/mol. The lowest BCUT2D eigenvalue weighted by Gasteiger charge is -2.41. The fourth-order valence-electron chi connectivity index (χ4n) is 4.72. The molecular formula is C23H28N2O3. The summed E-state index contributed by atoms with van der Waals surface area (Å²) in [5.74, 6) is 0.575. The van der Waals surface area contributed by atoms with Gasteiger partial charge in [-0.15, -0.1) is 0 Å². The largest absolute Gasteiger partial charge is 0.355 e. The molecule has 5 heteroatoms. The fourth-order valence-corrected chi connectivity index (χ4v) is 4.72. The van der Waals surface area contributed by atoms with Crippen LogP contribution in [-0.4, -0.2) is 34.3 Å². The molecule has 2 aromatic rings. The van der Waals surface area contributed by atoms with Crippen molar-refractivity contribution < 1.29 is 14.1 Å². The highest BCUT2D eigenvalue weighted by molar-refractivity contribution is 5.93. The molecule has 5 nitrogen and oxygen atoms in total. The summed E-state index contributed by atoms with van der Waals surface area (Å²) < 4.78 is 5.48. The van der Waals surface area contributed by atoms with Crippen molar-refractivity contribution in [1.82, 2.24) is 10.1 Å². The second kappa shape index (κ2) is 8.72. The van der Waals surface area contributed by atoms with Gasteiger partial charge in [0.1, 0.15) is 6.29 Å². The predicted molar refractivity (Wildman–Crippen MR) is 107 cm³/mol. The van der Waals surface area contributed by atoms with Crippen molar-refractivity contribution in [3.8, 4) is 11.3 Å². The molecule has 28 heavy (non-hydrogen) atoms. The molecule has 2 aliphatic carbocycles. The van der Waals surface area contributed by atoms with Crippen LogP contribution in [0.25, 0.3) is 11.3 Å². The number of amides is 1. The number of rotatable bonds is 5. The van der Waals surface area contributed by atoms with Crippen molar-refractivity contribution in [3.63, 3.8) is 0 Å². The number of carbonyl (C=O) groups excluding carboxylic acids is 2. The third-order valence-electron chi connectivity index (χ3n) is 6.23. The molecule has 2 saturated carbocycles. The quantitative estimate of drug-likeness (QED) is 0.664. The smallest absolute Gasteiger partial charge is 0.276 e. The van der Waals surface area contributed by atoms with Crippen LogP contribution >= 0.6 is 0 Å². The first kappa shape index (κ1) is 18.9. The first-order chi connectivity index (χ1) is 13.8. The highest BCUT2D eigenvalue weighted by Crippen LogP contribution is 2.32. The summed E-state index contributed by atoms with van der Waals surface area (Å²) in [6.07, 6.45) is 12.6. The maximum atomic E-state index is 13.4. The molecule has 2 aliphatic rings. The number of carbonyl (C=O) groups is 2. The number of benzene rings is 1. The minimum absolute atomic E-state index is 0.0123. The lowest BCUT2D eigenvalue weighted by Crippen LogP contribution is -2.48. The van der Waals surface area contributed by atoms with Gasteiger partial charge in [0.25, 0.3) is 5.91 Å². The van der Waals surface area contributed by atoms with Gasteiger partial charge in [-0.25, -0.2) is 0 Å². The van der Waals surface area contributed by atoms with Crippen molar-refractivity contribution in [2.24, 2.45) is 0 Å². The number of aromatic nitrogens is 1. The van der Waals surface area contributed by atoms with E-state index in [1.54, 1.807) is 18.2 Å². The molecule has 0 spiro atoms. The fraction of sp³-hybridized carbons (Fsp3) is 0.522. The summed E-state index contributed by atoms with van der Waals surface area (Å²) >= 11 is 0. The lowest BCUT2D eigenvalue weighted by molar-refractivity contribution is 0.0438. The van der Waals surface area contributed by atoms with Crippen LogP contribution in [0.4, 0.5) is 0 Å². The maximum absolute atomic E-state index is 13.4. The first-order valence-electron chi connectivity index (χ1n) is 10.6. The Morgan fingerprint density at radius 1 is 0.929 bits per heavy atom. The van der Waals surface area contributed by atoms with E-state index in [4.69, 9.17) is 4.52 Å². The van der Waals surface area contributed by atoms with Gasteiger partial charge in [0.15, 0.2) is 11.5 Å². The van der Waals surface area contributed by atoms with Crippen LogP contribution < -0.4 is 0 Å². The summed E-state index contributed by atoms with van der Waals surface area (Å²) in [4.78, 5) is 26.4. The van der Waals surface area contributed by atoms with E-state index in [1.807, 2.05) is 12.1 Å². The van der Waals surface area contributed by atoms with Gasteiger partial charge < -0.3 is 9.42 Å². The Hall–Kier alpha value is -2.43. The van der Waals surface area contributed by atoms with Gasteiger partial charge in [-0.3, -0.25) is 9.59 Å². The van der Waals surface area contributed by atoms with Crippen LogP contribution in [0, 0.1) is 0 Å². The van der Waals surface area contributed by atoms with Crippen LogP contribution in [0.2, 0.25) is 0 Å². The van der Waals surface area contributed by atoms with Crippen LogP contribution in [0.5, 0.6) is 0 Å². The Labute approximate surface area is 166 Å². The van der Waals surface area contributed by atoms with E-state index in [-0.39, 0.29) is 5.91 Å². The number of hydrogen-bond donors (Lipinski definition) is 0. The van der Waals surface area contributed by atoms with Gasteiger partial charge in [0.05, 0.1) is 0 Å². The van der Waals surface area contributed by atoms with Gasteiger partial charge in [-0.1, -0.05) is 67.9 Å². The van der Waals surface area contributed by atoms with E-state index < -0.39 is 0 Å². The van der Waals surface area contributed by atoms with Gasteiger partial charge in [0.2, 0.25) is 0 Å². The van der Waals surface area contributed by atoms with Crippen molar-refractivity contribution >= 4 is 12.2 Å². The van der Waals surface area contributed by atoms with Gasteiger partial charge in [0, 0.05) is 29.3 Å². The molecule has 0 N–H and O–H groups in total. The van der Waals surface area contributed by atoms with Gasteiger partial charge in [-0.05, 0) is 25.7 Å². The molecule has 0 aliphatic heterocycles. The van der Waals surface area contributed by atoms with E-state index in [0.29, 0.717) is 29.1 Å². The monoisotopic (exact) mass is 380 g/mol. The van der Waals surface area contributed by atoms with Crippen molar-refractivity contribution in [2.45, 2.75) is 76.3 Å². The third-order valence-corrected chi connectivity index (χ3v) is 6.23. The SMILES string of the molecule is O=Cc1ccc(-c2cc(C(=O)N(C3CCCCC3)C3CCCCC3)no2)cc1. The van der Waals surface area contributed by atoms with Gasteiger partial charge >= 0.3 is 0 Å². The zero-order chi connectivity index (χ0) is 19.3. The van der Waals surface area contributed by atoms with Crippen LogP contribution in [0.1, 0.15) is 85.1 Å².